The number of aromatic nitrogens is 3. The minimum absolute atomic E-state index is 0.0778. The second-order valence-electron chi connectivity index (χ2n) is 6.38. The Bertz CT molecular complexity index is 839. The molecule has 1 saturated heterocycles. The SMILES string of the molecule is C[C@@H]1CCN(C(=O)CC#N)C[C@@H]1N(C)c1ncnc2c1ccn2C=O. The third-order valence-corrected chi connectivity index (χ3v) is 4.93. The second-order valence-corrected chi connectivity index (χ2v) is 6.38. The minimum Gasteiger partial charge on any atom is -0.354 e. The van der Waals surface area contributed by atoms with E-state index in [9.17, 15) is 9.59 Å². The molecule has 1 fully saturated rings. The summed E-state index contributed by atoms with van der Waals surface area (Å²) in [6.07, 6.45) is 4.60. The largest absolute Gasteiger partial charge is 0.354 e. The van der Waals surface area contributed by atoms with Crippen LogP contribution in [0.25, 0.3) is 11.0 Å². The van der Waals surface area contributed by atoms with Crippen molar-refractivity contribution in [2.75, 3.05) is 25.0 Å². The van der Waals surface area contributed by atoms with Gasteiger partial charge in [-0.1, -0.05) is 6.92 Å². The first-order valence-electron chi connectivity index (χ1n) is 8.21. The number of fused-ring (bicyclic) bond motifs is 1. The lowest BCUT2D eigenvalue weighted by Crippen LogP contribution is -2.52. The summed E-state index contributed by atoms with van der Waals surface area (Å²) in [5.74, 6) is 0.971. The Hall–Kier alpha value is -2.95. The van der Waals surface area contributed by atoms with Crippen LogP contribution in [0.5, 0.6) is 0 Å². The third-order valence-electron chi connectivity index (χ3n) is 4.93. The van der Waals surface area contributed by atoms with E-state index in [0.717, 1.165) is 17.6 Å². The number of piperidine rings is 1. The van der Waals surface area contributed by atoms with E-state index in [1.807, 2.05) is 19.2 Å². The van der Waals surface area contributed by atoms with Crippen molar-refractivity contribution in [3.05, 3.63) is 18.6 Å². The highest BCUT2D eigenvalue weighted by atomic mass is 16.2. The van der Waals surface area contributed by atoms with Crippen LogP contribution in [0, 0.1) is 17.2 Å². The van der Waals surface area contributed by atoms with Gasteiger partial charge in [-0.3, -0.25) is 14.2 Å². The van der Waals surface area contributed by atoms with E-state index >= 15 is 0 Å². The predicted octanol–water partition coefficient (Wildman–Crippen LogP) is 1.06. The van der Waals surface area contributed by atoms with Gasteiger partial charge in [0, 0.05) is 26.3 Å². The quantitative estimate of drug-likeness (QED) is 0.772. The van der Waals surface area contributed by atoms with E-state index < -0.39 is 0 Å². The number of likely N-dealkylation sites (tertiary alicyclic amines) is 1. The van der Waals surface area contributed by atoms with E-state index in [4.69, 9.17) is 5.26 Å². The van der Waals surface area contributed by atoms with Gasteiger partial charge in [0.25, 0.3) is 0 Å². The maximum absolute atomic E-state index is 12.1. The van der Waals surface area contributed by atoms with Crippen molar-refractivity contribution in [1.29, 1.82) is 5.26 Å². The molecule has 2 aromatic rings. The first-order chi connectivity index (χ1) is 12.1. The lowest BCUT2D eigenvalue weighted by atomic mass is 9.92. The molecule has 2 atom stereocenters. The fourth-order valence-corrected chi connectivity index (χ4v) is 3.44. The Kier molecular flexibility index (Phi) is 4.65. The molecular formula is C17H20N6O2. The molecule has 0 unspecified atom stereocenters. The number of anilines is 1. The number of likely N-dealkylation sites (N-methyl/N-ethyl adjacent to an activating group) is 1. The van der Waals surface area contributed by atoms with Crippen LogP contribution < -0.4 is 4.90 Å². The molecule has 130 valence electrons. The fraction of sp³-hybridized carbons (Fsp3) is 0.471. The van der Waals surface area contributed by atoms with Crippen molar-refractivity contribution in [3.63, 3.8) is 0 Å². The van der Waals surface area contributed by atoms with E-state index in [0.29, 0.717) is 31.1 Å². The molecule has 1 amide bonds. The lowest BCUT2D eigenvalue weighted by molar-refractivity contribution is -0.131. The molecule has 8 heteroatoms. The van der Waals surface area contributed by atoms with Gasteiger partial charge in [-0.2, -0.15) is 5.26 Å². The number of rotatable bonds is 4. The van der Waals surface area contributed by atoms with Crippen molar-refractivity contribution >= 4 is 29.2 Å². The minimum atomic E-state index is -0.132. The molecular weight excluding hydrogens is 320 g/mol. The standard InChI is InChI=1S/C17H20N6O2/c1-12-4-7-22(15(25)3-6-18)9-14(12)21(2)16-13-5-8-23(11-24)17(13)20-10-19-16/h5,8,10-12,14H,3-4,7,9H2,1-2H3/t12-,14+/m1/s1. The summed E-state index contributed by atoms with van der Waals surface area (Å²) in [6.45, 7) is 3.38. The van der Waals surface area contributed by atoms with Crippen molar-refractivity contribution < 1.29 is 9.59 Å². The summed E-state index contributed by atoms with van der Waals surface area (Å²) in [5.41, 5.74) is 0.563. The summed E-state index contributed by atoms with van der Waals surface area (Å²) in [4.78, 5) is 35.6. The van der Waals surface area contributed by atoms with Crippen molar-refractivity contribution in [1.82, 2.24) is 19.4 Å². The van der Waals surface area contributed by atoms with Crippen LogP contribution in [0.4, 0.5) is 5.82 Å². The van der Waals surface area contributed by atoms with Gasteiger partial charge in [0.1, 0.15) is 18.6 Å². The lowest BCUT2D eigenvalue weighted by Gasteiger charge is -2.42. The predicted molar refractivity (Wildman–Crippen MR) is 92.5 cm³/mol. The molecule has 0 aromatic carbocycles. The van der Waals surface area contributed by atoms with Gasteiger partial charge in [-0.25, -0.2) is 9.97 Å². The molecule has 0 radical (unpaired) electrons. The van der Waals surface area contributed by atoms with Gasteiger partial charge in [0.2, 0.25) is 12.3 Å². The highest BCUT2D eigenvalue weighted by Crippen LogP contribution is 2.29. The van der Waals surface area contributed by atoms with Crippen LogP contribution in [0.2, 0.25) is 0 Å². The van der Waals surface area contributed by atoms with Crippen LogP contribution in [-0.4, -0.2) is 57.9 Å². The molecule has 8 nitrogen and oxygen atoms in total. The highest BCUT2D eigenvalue weighted by molar-refractivity contribution is 5.91. The highest BCUT2D eigenvalue weighted by Gasteiger charge is 2.32. The Morgan fingerprint density at radius 2 is 2.32 bits per heavy atom. The summed E-state index contributed by atoms with van der Waals surface area (Å²) in [7, 11) is 1.94. The van der Waals surface area contributed by atoms with Crippen molar-refractivity contribution in [2.24, 2.45) is 5.92 Å². The molecule has 3 heterocycles. The first kappa shape index (κ1) is 16.9. The molecule has 0 bridgehead atoms. The molecule has 0 spiro atoms. The zero-order valence-electron chi connectivity index (χ0n) is 14.3. The number of hydrogen-bond donors (Lipinski definition) is 0. The van der Waals surface area contributed by atoms with Crippen LogP contribution in [0.1, 0.15) is 19.8 Å². The normalized spacial score (nSPS) is 20.3. The number of carbonyl (C=O) groups is 2. The summed E-state index contributed by atoms with van der Waals surface area (Å²) in [5, 5.41) is 9.56. The van der Waals surface area contributed by atoms with Gasteiger partial charge >= 0.3 is 0 Å². The van der Waals surface area contributed by atoms with Gasteiger partial charge in [-0.05, 0) is 18.4 Å². The monoisotopic (exact) mass is 340 g/mol. The Balaban J connectivity index is 1.90. The second kappa shape index (κ2) is 6.89. The molecule has 2 aromatic heterocycles. The Morgan fingerprint density at radius 1 is 1.52 bits per heavy atom. The van der Waals surface area contributed by atoms with Crippen LogP contribution in [0.3, 0.4) is 0 Å². The van der Waals surface area contributed by atoms with Gasteiger partial charge < -0.3 is 9.80 Å². The maximum Gasteiger partial charge on any atom is 0.236 e. The molecule has 0 N–H and O–H groups in total. The number of amides is 1. The number of nitrogens with zero attached hydrogens (tertiary/aromatic N) is 6. The molecule has 1 aliphatic rings. The molecule has 0 saturated carbocycles. The summed E-state index contributed by atoms with van der Waals surface area (Å²) < 4.78 is 1.42. The third kappa shape index (κ3) is 3.05. The van der Waals surface area contributed by atoms with E-state index in [1.54, 1.807) is 11.1 Å². The van der Waals surface area contributed by atoms with Crippen LogP contribution in [-0.2, 0) is 9.59 Å². The molecule has 0 aliphatic carbocycles. The van der Waals surface area contributed by atoms with E-state index in [2.05, 4.69) is 21.8 Å². The van der Waals surface area contributed by atoms with Gasteiger partial charge in [-0.15, -0.1) is 0 Å². The molecule has 25 heavy (non-hydrogen) atoms. The number of carbonyl (C=O) groups excluding carboxylic acids is 2. The average molecular weight is 340 g/mol. The van der Waals surface area contributed by atoms with Gasteiger partial charge in [0.05, 0.1) is 17.5 Å². The smallest absolute Gasteiger partial charge is 0.236 e. The zero-order chi connectivity index (χ0) is 18.0. The number of hydrogen-bond acceptors (Lipinski definition) is 6. The first-order valence-corrected chi connectivity index (χ1v) is 8.21. The van der Waals surface area contributed by atoms with Crippen LogP contribution >= 0.6 is 0 Å². The average Bonchev–Trinajstić information content (AvgIpc) is 3.05. The zero-order valence-corrected chi connectivity index (χ0v) is 14.3. The Labute approximate surface area is 145 Å². The number of nitriles is 1. The summed E-state index contributed by atoms with van der Waals surface area (Å²) >= 11 is 0. The fourth-order valence-electron chi connectivity index (χ4n) is 3.44. The van der Waals surface area contributed by atoms with Crippen molar-refractivity contribution in [2.45, 2.75) is 25.8 Å². The van der Waals surface area contributed by atoms with E-state index in [-0.39, 0.29) is 18.4 Å². The summed E-state index contributed by atoms with van der Waals surface area (Å²) in [6, 6.07) is 3.82. The molecule has 1 aliphatic heterocycles. The van der Waals surface area contributed by atoms with E-state index in [1.165, 1.54) is 10.9 Å². The van der Waals surface area contributed by atoms with Crippen molar-refractivity contribution in [3.8, 4) is 6.07 Å². The van der Waals surface area contributed by atoms with Gasteiger partial charge in [0.15, 0.2) is 5.65 Å². The topological polar surface area (TPSA) is 95.1 Å². The van der Waals surface area contributed by atoms with Crippen LogP contribution in [0.15, 0.2) is 18.6 Å². The molecule has 3 rings (SSSR count). The maximum atomic E-state index is 12.1. The Morgan fingerprint density at radius 3 is 3.04 bits per heavy atom.